The number of rotatable bonds is 3. The van der Waals surface area contributed by atoms with Gasteiger partial charge in [0.1, 0.15) is 0 Å². The van der Waals surface area contributed by atoms with Gasteiger partial charge < -0.3 is 0 Å². The summed E-state index contributed by atoms with van der Waals surface area (Å²) < 4.78 is 0. The highest BCUT2D eigenvalue weighted by Gasteiger charge is 2.16. The fraction of sp³-hybridized carbons (Fsp3) is 1.00. The third kappa shape index (κ3) is 3.78. The van der Waals surface area contributed by atoms with Gasteiger partial charge in [0.2, 0.25) is 0 Å². The van der Waals surface area contributed by atoms with Gasteiger partial charge in [-0.05, 0) is 30.6 Å². The second-order valence-electron chi connectivity index (χ2n) is 3.43. The lowest BCUT2D eigenvalue weighted by molar-refractivity contribution is 0.516. The first-order chi connectivity index (χ1) is 4.29. The normalized spacial score (nSPS) is 19.5. The van der Waals surface area contributed by atoms with E-state index in [9.17, 15) is 0 Å². The van der Waals surface area contributed by atoms with E-state index in [2.05, 4.69) is 13.8 Å². The minimum Gasteiger partial charge on any atom is -0.147 e. The molecule has 0 saturated heterocycles. The zero-order chi connectivity index (χ0) is 6.69. The van der Waals surface area contributed by atoms with Crippen LogP contribution in [0.3, 0.4) is 0 Å². The fourth-order valence-electron chi connectivity index (χ4n) is 1.01. The summed E-state index contributed by atoms with van der Waals surface area (Å²) in [5.74, 6) is 0.934. The van der Waals surface area contributed by atoms with Crippen LogP contribution in [-0.2, 0) is 0 Å². The molecule has 2 heteroatoms. The van der Waals surface area contributed by atoms with E-state index >= 15 is 0 Å². The molecule has 0 aromatic heterocycles. The second-order valence-corrected chi connectivity index (χ2v) is 5.06. The van der Waals surface area contributed by atoms with E-state index in [1.165, 1.54) is 34.0 Å². The van der Waals surface area contributed by atoms with Gasteiger partial charge in [0, 0.05) is 0 Å². The van der Waals surface area contributed by atoms with Crippen molar-refractivity contribution in [3.63, 3.8) is 0 Å². The van der Waals surface area contributed by atoms with Crippen molar-refractivity contribution in [2.75, 3.05) is 6.16 Å². The van der Waals surface area contributed by atoms with Crippen LogP contribution in [0.2, 0.25) is 0 Å². The molecule has 0 aliphatic heterocycles. The summed E-state index contributed by atoms with van der Waals surface area (Å²) in [4.78, 5) is 0. The minimum absolute atomic E-state index is 0. The van der Waals surface area contributed by atoms with Crippen LogP contribution in [0.1, 0.15) is 33.1 Å². The zero-order valence-electron chi connectivity index (χ0n) is 6.89. The van der Waals surface area contributed by atoms with Crippen molar-refractivity contribution < 1.29 is 0 Å². The molecule has 10 heavy (non-hydrogen) atoms. The third-order valence-corrected chi connectivity index (χ3v) is 4.13. The van der Waals surface area contributed by atoms with Crippen molar-refractivity contribution in [3.05, 3.63) is 0 Å². The van der Waals surface area contributed by atoms with Gasteiger partial charge in [0.15, 0.2) is 0 Å². The maximum Gasteiger partial charge on any atom is -0.0237 e. The number of halogens is 1. The van der Waals surface area contributed by atoms with Crippen LogP contribution >= 0.6 is 21.0 Å². The van der Waals surface area contributed by atoms with Crippen molar-refractivity contribution in [2.45, 2.75) is 38.8 Å². The Morgan fingerprint density at radius 2 is 2.00 bits per heavy atom. The molecule has 0 nitrogen and oxygen atoms in total. The number of hydrogen-bond donors (Lipinski definition) is 0. The van der Waals surface area contributed by atoms with E-state index < -0.39 is 0 Å². The van der Waals surface area contributed by atoms with Gasteiger partial charge in [-0.15, -0.1) is 21.0 Å². The first-order valence-electron chi connectivity index (χ1n) is 4.02. The Morgan fingerprint density at radius 1 is 1.40 bits per heavy atom. The molecule has 1 aliphatic carbocycles. The molecule has 1 fully saturated rings. The highest BCUT2D eigenvalue weighted by molar-refractivity contribution is 7.39. The molecular weight excluding hydrogens is 163 g/mol. The Morgan fingerprint density at radius 3 is 2.30 bits per heavy atom. The summed E-state index contributed by atoms with van der Waals surface area (Å²) >= 11 is 0. The van der Waals surface area contributed by atoms with Crippen LogP contribution in [0.25, 0.3) is 0 Å². The monoisotopic (exact) mass is 180 g/mol. The average molecular weight is 181 g/mol. The third-order valence-electron chi connectivity index (χ3n) is 1.92. The van der Waals surface area contributed by atoms with Crippen molar-refractivity contribution in [3.8, 4) is 0 Å². The van der Waals surface area contributed by atoms with Gasteiger partial charge in [-0.3, -0.25) is 0 Å². The number of hydrogen-bond acceptors (Lipinski definition) is 0. The zero-order valence-corrected chi connectivity index (χ0v) is 8.71. The molecule has 0 N–H and O–H groups in total. The maximum absolute atomic E-state index is 2.33. The van der Waals surface area contributed by atoms with Gasteiger partial charge in [0.05, 0.1) is 0 Å². The Labute approximate surface area is 72.4 Å². The Kier molecular flexibility index (Phi) is 5.77. The average Bonchev–Trinajstić information content (AvgIpc) is 1.60. The van der Waals surface area contributed by atoms with Gasteiger partial charge in [0.25, 0.3) is 0 Å². The van der Waals surface area contributed by atoms with E-state index in [1.807, 2.05) is 0 Å². The lowest BCUT2D eigenvalue weighted by atomic mass is 10.00. The highest BCUT2D eigenvalue weighted by atomic mass is 35.5. The van der Waals surface area contributed by atoms with E-state index in [4.69, 9.17) is 0 Å². The van der Waals surface area contributed by atoms with Gasteiger partial charge in [-0.25, -0.2) is 0 Å². The largest absolute Gasteiger partial charge is 0.147 e. The van der Waals surface area contributed by atoms with Gasteiger partial charge in [-0.2, -0.15) is 0 Å². The van der Waals surface area contributed by atoms with Crippen molar-refractivity contribution in [1.29, 1.82) is 0 Å². The summed E-state index contributed by atoms with van der Waals surface area (Å²) in [6, 6.07) is 0. The molecule has 1 saturated carbocycles. The van der Waals surface area contributed by atoms with Crippen molar-refractivity contribution >= 4 is 21.0 Å². The Hall–Kier alpha value is 0.720. The second kappa shape index (κ2) is 5.38. The van der Waals surface area contributed by atoms with E-state index in [1.54, 1.807) is 0 Å². The first-order valence-corrected chi connectivity index (χ1v) is 5.31. The molecule has 62 valence electrons. The van der Waals surface area contributed by atoms with E-state index in [0.717, 1.165) is 11.6 Å². The van der Waals surface area contributed by atoms with Crippen LogP contribution in [-0.4, -0.2) is 11.8 Å². The summed E-state index contributed by atoms with van der Waals surface area (Å²) in [6.07, 6.45) is 6.05. The van der Waals surface area contributed by atoms with Crippen LogP contribution in [0.5, 0.6) is 0 Å². The summed E-state index contributed by atoms with van der Waals surface area (Å²) in [7, 11) is 1.27. The lowest BCUT2D eigenvalue weighted by Crippen LogP contribution is -2.12. The van der Waals surface area contributed by atoms with Crippen molar-refractivity contribution in [2.24, 2.45) is 5.92 Å². The summed E-state index contributed by atoms with van der Waals surface area (Å²) in [6.45, 7) is 4.65. The van der Waals surface area contributed by atoms with Crippen LogP contribution < -0.4 is 0 Å². The van der Waals surface area contributed by atoms with Gasteiger partial charge >= 0.3 is 0 Å². The quantitative estimate of drug-likeness (QED) is 0.585. The predicted octanol–water partition coefficient (Wildman–Crippen LogP) is 3.30. The summed E-state index contributed by atoms with van der Waals surface area (Å²) in [5, 5.41) is 0. The molecule has 0 spiro atoms. The Balaban J connectivity index is 0.000000810. The standard InChI is InChI=1S/C8H17P.ClH/c1-7(2)6-9-8-4-3-5-8;/h7-9H,3-6H2,1-2H3;1H. The minimum atomic E-state index is 0. The van der Waals surface area contributed by atoms with Crippen LogP contribution in [0.15, 0.2) is 0 Å². The lowest BCUT2D eigenvalue weighted by Gasteiger charge is -2.25. The van der Waals surface area contributed by atoms with E-state index in [0.29, 0.717) is 0 Å². The highest BCUT2D eigenvalue weighted by Crippen LogP contribution is 2.36. The molecule has 0 aromatic rings. The van der Waals surface area contributed by atoms with E-state index in [-0.39, 0.29) is 12.4 Å². The van der Waals surface area contributed by atoms with Crippen LogP contribution in [0.4, 0.5) is 0 Å². The maximum atomic E-state index is 2.33. The predicted molar refractivity (Wildman–Crippen MR) is 52.9 cm³/mol. The SMILES string of the molecule is CC(C)CPC1CCC1.Cl. The summed E-state index contributed by atoms with van der Waals surface area (Å²) in [5.41, 5.74) is 1.15. The first kappa shape index (κ1) is 10.7. The molecule has 0 radical (unpaired) electrons. The molecule has 0 bridgehead atoms. The topological polar surface area (TPSA) is 0 Å². The molecule has 1 aliphatic rings. The Bertz CT molecular complexity index is 79.3. The smallest absolute Gasteiger partial charge is 0.0237 e. The molecule has 0 heterocycles. The molecule has 0 aromatic carbocycles. The van der Waals surface area contributed by atoms with Crippen LogP contribution in [0, 0.1) is 5.92 Å². The molecule has 1 atom stereocenters. The van der Waals surface area contributed by atoms with Crippen molar-refractivity contribution in [1.82, 2.24) is 0 Å². The molecule has 0 amide bonds. The molecular formula is C8H18ClP. The fourth-order valence-corrected chi connectivity index (χ4v) is 2.64. The molecule has 1 rings (SSSR count). The molecule has 1 unspecified atom stereocenters. The van der Waals surface area contributed by atoms with Gasteiger partial charge in [-0.1, -0.05) is 20.3 Å².